The first-order chi connectivity index (χ1) is 19.8. The number of hydrogen-bond acceptors (Lipinski definition) is 4. The van der Waals surface area contributed by atoms with Crippen molar-refractivity contribution in [2.75, 3.05) is 7.05 Å². The summed E-state index contributed by atoms with van der Waals surface area (Å²) >= 11 is 2.93. The summed E-state index contributed by atoms with van der Waals surface area (Å²) in [7, 11) is 1.54. The van der Waals surface area contributed by atoms with Gasteiger partial charge in [-0.15, -0.1) is 0 Å². The molecular formula is C30H29BrF3N5O3. The fourth-order valence-corrected chi connectivity index (χ4v) is 5.90. The second-order valence-corrected chi connectivity index (χ2v) is 11.7. The van der Waals surface area contributed by atoms with Gasteiger partial charge in [-0.3, -0.25) is 19.0 Å². The average Bonchev–Trinajstić information content (AvgIpc) is 3.34. The number of rotatable bonds is 5. The van der Waals surface area contributed by atoms with Crippen molar-refractivity contribution in [3.8, 4) is 5.69 Å². The minimum atomic E-state index is -4.63. The molecule has 4 aromatic rings. The summed E-state index contributed by atoms with van der Waals surface area (Å²) in [5.41, 5.74) is 2.08. The van der Waals surface area contributed by atoms with Gasteiger partial charge >= 0.3 is 6.18 Å². The third-order valence-corrected chi connectivity index (χ3v) is 8.16. The van der Waals surface area contributed by atoms with Crippen LogP contribution in [0.2, 0.25) is 0 Å². The number of carbonyl (C=O) groups excluding carboxylic acids is 2. The van der Waals surface area contributed by atoms with Crippen LogP contribution in [0.1, 0.15) is 63.9 Å². The molecule has 5 rings (SSSR count). The highest BCUT2D eigenvalue weighted by atomic mass is 79.9. The van der Waals surface area contributed by atoms with Crippen LogP contribution < -0.4 is 10.9 Å². The summed E-state index contributed by atoms with van der Waals surface area (Å²) in [6, 6.07) is 9.65. The topological polar surface area (TPSA) is 88.7 Å². The van der Waals surface area contributed by atoms with Crippen molar-refractivity contribution in [2.45, 2.75) is 52.4 Å². The second kappa shape index (κ2) is 11.0. The van der Waals surface area contributed by atoms with Crippen LogP contribution in [0.25, 0.3) is 11.3 Å². The Hall–Kier alpha value is -3.93. The maximum atomic E-state index is 14.1. The lowest BCUT2D eigenvalue weighted by atomic mass is 9.97. The van der Waals surface area contributed by atoms with Gasteiger partial charge in [0.1, 0.15) is 5.65 Å². The molecule has 0 saturated carbocycles. The molecule has 8 nitrogen and oxygen atoms in total. The Labute approximate surface area is 248 Å². The molecule has 2 aromatic carbocycles. The van der Waals surface area contributed by atoms with Gasteiger partial charge in [-0.05, 0) is 68.1 Å². The highest BCUT2D eigenvalue weighted by molar-refractivity contribution is 9.10. The maximum Gasteiger partial charge on any atom is 0.417 e. The first-order valence-corrected chi connectivity index (χ1v) is 14.2. The van der Waals surface area contributed by atoms with E-state index >= 15 is 0 Å². The summed E-state index contributed by atoms with van der Waals surface area (Å²) in [4.78, 5) is 41.3. The Morgan fingerprint density at radius 2 is 1.79 bits per heavy atom. The summed E-state index contributed by atoms with van der Waals surface area (Å²) in [5.74, 6) is -0.560. The van der Waals surface area contributed by atoms with Gasteiger partial charge in [0.25, 0.3) is 17.4 Å². The summed E-state index contributed by atoms with van der Waals surface area (Å²) < 4.78 is 43.8. The highest BCUT2D eigenvalue weighted by Crippen LogP contribution is 2.36. The van der Waals surface area contributed by atoms with E-state index in [4.69, 9.17) is 0 Å². The van der Waals surface area contributed by atoms with E-state index in [2.05, 4.69) is 40.2 Å². The number of fused-ring (bicyclic) bond motifs is 3. The summed E-state index contributed by atoms with van der Waals surface area (Å²) in [6.07, 6.45) is -2.10. The standard InChI is InChI=1S/C30H29BrF3N5O3/c1-16(2)11-20-14-36-39-25-15-37(28(41)19-7-10-24(31)23(13-19)30(32,33)34)17(3)12-22(25)29(42)38(27(20)39)21-8-5-18(6-9-21)26(40)35-4/h5-10,13-14,16-17H,11-12,15H2,1-4H3,(H,35,40)/t17-/m1/s1. The number of nitrogens with zero attached hydrogens (tertiary/aromatic N) is 4. The van der Waals surface area contributed by atoms with E-state index < -0.39 is 23.7 Å². The van der Waals surface area contributed by atoms with Crippen molar-refractivity contribution in [2.24, 2.45) is 5.92 Å². The molecule has 220 valence electrons. The summed E-state index contributed by atoms with van der Waals surface area (Å²) in [6.45, 7) is 5.87. The largest absolute Gasteiger partial charge is 0.417 e. The third kappa shape index (κ3) is 5.23. The molecule has 2 aromatic heterocycles. The Morgan fingerprint density at radius 1 is 1.12 bits per heavy atom. The van der Waals surface area contributed by atoms with E-state index in [9.17, 15) is 27.6 Å². The molecule has 0 spiro atoms. The lowest BCUT2D eigenvalue weighted by Gasteiger charge is -2.35. The van der Waals surface area contributed by atoms with E-state index in [0.717, 1.165) is 11.6 Å². The molecule has 0 bridgehead atoms. The number of carbonyl (C=O) groups is 2. The van der Waals surface area contributed by atoms with Crippen LogP contribution in [0.4, 0.5) is 13.2 Å². The van der Waals surface area contributed by atoms with Crippen molar-refractivity contribution in [3.63, 3.8) is 0 Å². The van der Waals surface area contributed by atoms with Crippen LogP contribution >= 0.6 is 15.9 Å². The zero-order chi connectivity index (χ0) is 30.5. The predicted molar refractivity (Wildman–Crippen MR) is 155 cm³/mol. The number of hydrogen-bond donors (Lipinski definition) is 1. The molecule has 0 radical (unpaired) electrons. The van der Waals surface area contributed by atoms with E-state index in [1.165, 1.54) is 17.0 Å². The zero-order valence-electron chi connectivity index (χ0n) is 23.4. The van der Waals surface area contributed by atoms with Gasteiger partial charge in [0.15, 0.2) is 0 Å². The Balaban J connectivity index is 1.64. The first-order valence-electron chi connectivity index (χ1n) is 13.4. The maximum absolute atomic E-state index is 14.1. The Bertz CT molecular complexity index is 1760. The highest BCUT2D eigenvalue weighted by Gasteiger charge is 2.36. The Kier molecular flexibility index (Phi) is 7.78. The lowest BCUT2D eigenvalue weighted by molar-refractivity contribution is -0.138. The molecule has 2 amide bonds. The number of benzene rings is 2. The SMILES string of the molecule is CNC(=O)c1ccc(-n2c(=O)c3c(n4ncc(CC(C)C)c24)CN(C(=O)c2ccc(Br)c(C(F)(F)F)c2)[C@H](C)C3)cc1. The minimum Gasteiger partial charge on any atom is -0.355 e. The van der Waals surface area contributed by atoms with Gasteiger partial charge in [0.2, 0.25) is 0 Å². The van der Waals surface area contributed by atoms with Crippen LogP contribution in [0, 0.1) is 5.92 Å². The minimum absolute atomic E-state index is 0.00225. The molecule has 42 heavy (non-hydrogen) atoms. The van der Waals surface area contributed by atoms with E-state index in [-0.39, 0.29) is 40.4 Å². The van der Waals surface area contributed by atoms with Gasteiger partial charge in [-0.2, -0.15) is 18.3 Å². The average molecular weight is 644 g/mol. The molecule has 3 heterocycles. The molecule has 0 aliphatic carbocycles. The second-order valence-electron chi connectivity index (χ2n) is 10.9. The van der Waals surface area contributed by atoms with Crippen LogP contribution in [-0.2, 0) is 25.6 Å². The first kappa shape index (κ1) is 29.6. The quantitative estimate of drug-likeness (QED) is 0.315. The molecule has 1 aliphatic rings. The number of nitrogens with one attached hydrogen (secondary N) is 1. The number of halogens is 4. The van der Waals surface area contributed by atoms with Gasteiger partial charge in [0, 0.05) is 39.8 Å². The molecule has 12 heteroatoms. The molecule has 0 saturated heterocycles. The van der Waals surface area contributed by atoms with Gasteiger partial charge in [-0.1, -0.05) is 29.8 Å². The number of amides is 2. The number of alkyl halides is 3. The molecule has 1 aliphatic heterocycles. The molecule has 0 unspecified atom stereocenters. The molecule has 0 fully saturated rings. The molecule has 1 N–H and O–H groups in total. The van der Waals surface area contributed by atoms with Crippen LogP contribution in [0.15, 0.2) is 57.9 Å². The third-order valence-electron chi connectivity index (χ3n) is 7.47. The summed E-state index contributed by atoms with van der Waals surface area (Å²) in [5, 5.41) is 7.20. The van der Waals surface area contributed by atoms with Crippen molar-refractivity contribution in [1.82, 2.24) is 24.4 Å². The van der Waals surface area contributed by atoms with Crippen LogP contribution in [0.5, 0.6) is 0 Å². The van der Waals surface area contributed by atoms with E-state index in [1.54, 1.807) is 53.5 Å². The van der Waals surface area contributed by atoms with Crippen molar-refractivity contribution in [3.05, 3.63) is 97.0 Å². The van der Waals surface area contributed by atoms with Crippen LogP contribution in [0.3, 0.4) is 0 Å². The molecular weight excluding hydrogens is 615 g/mol. The predicted octanol–water partition coefficient (Wildman–Crippen LogP) is 5.41. The smallest absolute Gasteiger partial charge is 0.355 e. The van der Waals surface area contributed by atoms with Crippen molar-refractivity contribution >= 4 is 33.4 Å². The fourth-order valence-electron chi connectivity index (χ4n) is 5.43. The van der Waals surface area contributed by atoms with Crippen molar-refractivity contribution in [1.29, 1.82) is 0 Å². The monoisotopic (exact) mass is 643 g/mol. The van der Waals surface area contributed by atoms with Gasteiger partial charge in [0.05, 0.1) is 29.7 Å². The van der Waals surface area contributed by atoms with E-state index in [1.807, 2.05) is 0 Å². The normalized spacial score (nSPS) is 15.3. The lowest BCUT2D eigenvalue weighted by Crippen LogP contribution is -2.46. The number of aromatic nitrogens is 3. The molecule has 1 atom stereocenters. The van der Waals surface area contributed by atoms with Gasteiger partial charge in [-0.25, -0.2) is 4.52 Å². The van der Waals surface area contributed by atoms with E-state index in [0.29, 0.717) is 34.6 Å². The van der Waals surface area contributed by atoms with Gasteiger partial charge < -0.3 is 10.2 Å². The zero-order valence-corrected chi connectivity index (χ0v) is 25.0. The fraction of sp³-hybridized carbons (Fsp3) is 0.333. The van der Waals surface area contributed by atoms with Crippen molar-refractivity contribution < 1.29 is 22.8 Å². The van der Waals surface area contributed by atoms with Crippen LogP contribution in [-0.4, -0.2) is 44.0 Å². The Morgan fingerprint density at radius 3 is 2.40 bits per heavy atom.